The van der Waals surface area contributed by atoms with E-state index in [1.165, 1.54) is 13.5 Å². The summed E-state index contributed by atoms with van der Waals surface area (Å²) >= 11 is 0. The first kappa shape index (κ1) is 25.5. The molecule has 0 aromatic rings. The molecular formula is C28H44O6. The van der Waals surface area contributed by atoms with Crippen LogP contribution in [0.4, 0.5) is 0 Å². The first-order valence-corrected chi connectivity index (χ1v) is 13.5. The van der Waals surface area contributed by atoms with Crippen LogP contribution in [0.3, 0.4) is 0 Å². The van der Waals surface area contributed by atoms with E-state index in [2.05, 4.69) is 6.92 Å². The first-order valence-electron chi connectivity index (χ1n) is 13.5. The molecule has 3 unspecified atom stereocenters. The summed E-state index contributed by atoms with van der Waals surface area (Å²) in [4.78, 5) is 39.2. The summed E-state index contributed by atoms with van der Waals surface area (Å²) in [5.74, 6) is 0.698. The molecule has 1 heterocycles. The van der Waals surface area contributed by atoms with E-state index in [-0.39, 0.29) is 17.9 Å². The maximum atomic E-state index is 13.9. The van der Waals surface area contributed by atoms with Gasteiger partial charge in [-0.05, 0) is 102 Å². The molecule has 6 nitrogen and oxygen atoms in total. The minimum atomic E-state index is -0.773. The number of hydrogen-bond donors (Lipinski definition) is 0. The van der Waals surface area contributed by atoms with Gasteiger partial charge < -0.3 is 14.2 Å². The number of hydrogen-bond acceptors (Lipinski definition) is 6. The van der Waals surface area contributed by atoms with Crippen molar-refractivity contribution < 1.29 is 28.6 Å². The SMILES string of the molecule is CCC(CC(CC1(C)CC(C)(C)OC1=O)C(=O)OC1(CC)C2CC3CC(C2)CC1C3)C(=O)OC. The molecule has 4 saturated carbocycles. The molecule has 192 valence electrons. The van der Waals surface area contributed by atoms with Gasteiger partial charge in [0, 0.05) is 6.42 Å². The molecule has 3 atom stereocenters. The van der Waals surface area contributed by atoms with E-state index in [1.807, 2.05) is 27.7 Å². The van der Waals surface area contributed by atoms with Gasteiger partial charge in [-0.1, -0.05) is 13.8 Å². The lowest BCUT2D eigenvalue weighted by molar-refractivity contribution is -0.215. The predicted molar refractivity (Wildman–Crippen MR) is 128 cm³/mol. The molecule has 0 radical (unpaired) electrons. The van der Waals surface area contributed by atoms with E-state index in [0.717, 1.165) is 43.9 Å². The lowest BCUT2D eigenvalue weighted by Gasteiger charge is -2.60. The summed E-state index contributed by atoms with van der Waals surface area (Å²) in [6.45, 7) is 9.80. The van der Waals surface area contributed by atoms with Crippen molar-refractivity contribution in [1.29, 1.82) is 0 Å². The maximum absolute atomic E-state index is 13.9. The van der Waals surface area contributed by atoms with Crippen molar-refractivity contribution in [3.05, 3.63) is 0 Å². The molecule has 1 saturated heterocycles. The average molecular weight is 477 g/mol. The number of cyclic esters (lactones) is 1. The summed E-state index contributed by atoms with van der Waals surface area (Å²) in [6.07, 6.45) is 8.63. The molecule has 4 aliphatic carbocycles. The van der Waals surface area contributed by atoms with Gasteiger partial charge in [0.1, 0.15) is 11.2 Å². The highest BCUT2D eigenvalue weighted by molar-refractivity contribution is 5.81. The van der Waals surface area contributed by atoms with Crippen LogP contribution in [0.5, 0.6) is 0 Å². The second kappa shape index (κ2) is 9.13. The fourth-order valence-electron chi connectivity index (χ4n) is 8.39. The zero-order valence-corrected chi connectivity index (χ0v) is 22.0. The van der Waals surface area contributed by atoms with Crippen LogP contribution in [-0.2, 0) is 28.6 Å². The van der Waals surface area contributed by atoms with E-state index in [0.29, 0.717) is 37.5 Å². The lowest BCUT2D eigenvalue weighted by atomic mass is 9.49. The third-order valence-corrected chi connectivity index (χ3v) is 9.67. The van der Waals surface area contributed by atoms with Crippen LogP contribution in [0.15, 0.2) is 0 Å². The normalized spacial score (nSPS) is 39.4. The molecule has 0 aromatic carbocycles. The number of esters is 3. The van der Waals surface area contributed by atoms with Gasteiger partial charge in [-0.25, -0.2) is 0 Å². The van der Waals surface area contributed by atoms with Crippen LogP contribution in [0.2, 0.25) is 0 Å². The van der Waals surface area contributed by atoms with Gasteiger partial charge in [0.25, 0.3) is 0 Å². The van der Waals surface area contributed by atoms with Crippen LogP contribution < -0.4 is 0 Å². The zero-order chi connectivity index (χ0) is 24.9. The van der Waals surface area contributed by atoms with Gasteiger partial charge in [0.15, 0.2) is 0 Å². The highest BCUT2D eigenvalue weighted by Gasteiger charge is 2.59. The Morgan fingerprint density at radius 2 is 1.56 bits per heavy atom. The number of carbonyl (C=O) groups is 3. The molecule has 34 heavy (non-hydrogen) atoms. The van der Waals surface area contributed by atoms with Crippen LogP contribution in [-0.4, -0.2) is 36.2 Å². The van der Waals surface area contributed by atoms with Gasteiger partial charge in [-0.2, -0.15) is 0 Å². The summed E-state index contributed by atoms with van der Waals surface area (Å²) < 4.78 is 17.2. The smallest absolute Gasteiger partial charge is 0.312 e. The highest BCUT2D eigenvalue weighted by Crippen LogP contribution is 2.61. The largest absolute Gasteiger partial charge is 0.469 e. The molecule has 0 aromatic heterocycles. The van der Waals surface area contributed by atoms with Crippen LogP contribution in [0.1, 0.15) is 98.8 Å². The average Bonchev–Trinajstić information content (AvgIpc) is 2.98. The Bertz CT molecular complexity index is 788. The Labute approximate surface area is 204 Å². The van der Waals surface area contributed by atoms with Gasteiger partial charge in [-0.15, -0.1) is 0 Å². The zero-order valence-electron chi connectivity index (χ0n) is 22.0. The minimum Gasteiger partial charge on any atom is -0.469 e. The molecule has 0 N–H and O–H groups in total. The molecule has 0 spiro atoms. The summed E-state index contributed by atoms with van der Waals surface area (Å²) in [5.41, 5.74) is -1.73. The first-order chi connectivity index (χ1) is 15.9. The van der Waals surface area contributed by atoms with Gasteiger partial charge >= 0.3 is 17.9 Å². The van der Waals surface area contributed by atoms with Crippen molar-refractivity contribution in [2.24, 2.45) is 40.9 Å². The molecule has 6 heteroatoms. The van der Waals surface area contributed by atoms with E-state index >= 15 is 0 Å². The third kappa shape index (κ3) is 4.51. The van der Waals surface area contributed by atoms with Crippen molar-refractivity contribution in [1.82, 2.24) is 0 Å². The summed E-state index contributed by atoms with van der Waals surface area (Å²) in [6, 6.07) is 0. The van der Waals surface area contributed by atoms with E-state index in [4.69, 9.17) is 14.2 Å². The second-order valence-electron chi connectivity index (χ2n) is 12.7. The van der Waals surface area contributed by atoms with Crippen molar-refractivity contribution in [3.8, 4) is 0 Å². The molecule has 5 rings (SSSR count). The molecule has 1 aliphatic heterocycles. The Morgan fingerprint density at radius 1 is 0.971 bits per heavy atom. The lowest BCUT2D eigenvalue weighted by Crippen LogP contribution is -2.59. The Balaban J connectivity index is 1.58. The minimum absolute atomic E-state index is 0.240. The van der Waals surface area contributed by atoms with E-state index in [9.17, 15) is 14.4 Å². The summed E-state index contributed by atoms with van der Waals surface area (Å²) in [5, 5.41) is 0. The van der Waals surface area contributed by atoms with E-state index < -0.39 is 28.5 Å². The van der Waals surface area contributed by atoms with Crippen molar-refractivity contribution >= 4 is 17.9 Å². The molecule has 5 fully saturated rings. The topological polar surface area (TPSA) is 78.9 Å². The standard InChI is InChI=1S/C28H44O6/c1-7-19(23(29)32-6)14-20(15-27(5)16-26(3,4)34-25(27)31)24(30)33-28(8-2)21-10-17-9-18(12-21)13-22(28)11-17/h17-22H,7-16H2,1-6H3. The number of carbonyl (C=O) groups excluding carboxylic acids is 3. The monoisotopic (exact) mass is 476 g/mol. The summed E-state index contributed by atoms with van der Waals surface area (Å²) in [7, 11) is 1.39. The second-order valence-corrected chi connectivity index (χ2v) is 12.7. The quantitative estimate of drug-likeness (QED) is 0.325. The number of rotatable bonds is 9. The highest BCUT2D eigenvalue weighted by atomic mass is 16.6. The predicted octanol–water partition coefficient (Wildman–Crippen LogP) is 5.46. The fourth-order valence-corrected chi connectivity index (χ4v) is 8.39. The van der Waals surface area contributed by atoms with Crippen LogP contribution >= 0.6 is 0 Å². The maximum Gasteiger partial charge on any atom is 0.312 e. The van der Waals surface area contributed by atoms with Crippen molar-refractivity contribution in [2.75, 3.05) is 7.11 Å². The Kier molecular flexibility index (Phi) is 6.85. The third-order valence-electron chi connectivity index (χ3n) is 9.67. The van der Waals surface area contributed by atoms with Gasteiger partial charge in [0.2, 0.25) is 0 Å². The van der Waals surface area contributed by atoms with Crippen LogP contribution in [0, 0.1) is 40.9 Å². The van der Waals surface area contributed by atoms with Crippen LogP contribution in [0.25, 0.3) is 0 Å². The molecular weight excluding hydrogens is 432 g/mol. The van der Waals surface area contributed by atoms with Crippen molar-refractivity contribution in [2.45, 2.75) is 110 Å². The molecule has 5 aliphatic rings. The van der Waals surface area contributed by atoms with Gasteiger partial charge in [0.05, 0.1) is 24.4 Å². The number of ether oxygens (including phenoxy) is 3. The fraction of sp³-hybridized carbons (Fsp3) is 0.893. The van der Waals surface area contributed by atoms with Crippen molar-refractivity contribution in [3.63, 3.8) is 0 Å². The van der Waals surface area contributed by atoms with E-state index in [1.54, 1.807) is 0 Å². The Hall–Kier alpha value is -1.59. The van der Waals surface area contributed by atoms with Gasteiger partial charge in [-0.3, -0.25) is 14.4 Å². The molecule has 4 bridgehead atoms. The number of methoxy groups -OCH3 is 1. The molecule has 0 amide bonds. The Morgan fingerprint density at radius 3 is 2.00 bits per heavy atom.